The molecular weight excluding hydrogens is 388 g/mol. The van der Waals surface area contributed by atoms with Gasteiger partial charge in [0.25, 0.3) is 6.01 Å². The Hall–Kier alpha value is -2.16. The van der Waals surface area contributed by atoms with Crippen LogP contribution in [0.25, 0.3) is 21.7 Å². The van der Waals surface area contributed by atoms with Crippen LogP contribution >= 0.6 is 11.3 Å². The Morgan fingerprint density at radius 2 is 2.07 bits per heavy atom. The van der Waals surface area contributed by atoms with Crippen molar-refractivity contribution >= 4 is 28.5 Å². The van der Waals surface area contributed by atoms with Crippen LogP contribution in [0.4, 0.5) is 6.01 Å². The molecule has 6 rings (SSSR count). The lowest BCUT2D eigenvalue weighted by Gasteiger charge is -2.31. The number of piperazine rings is 1. The van der Waals surface area contributed by atoms with E-state index < -0.39 is 0 Å². The van der Waals surface area contributed by atoms with Crippen molar-refractivity contribution < 1.29 is 13.9 Å². The monoisotopic (exact) mass is 412 g/mol. The molecule has 0 aliphatic carbocycles. The van der Waals surface area contributed by atoms with E-state index in [1.165, 1.54) is 12.8 Å². The van der Waals surface area contributed by atoms with Crippen molar-refractivity contribution in [2.45, 2.75) is 43.9 Å². The maximum Gasteiger partial charge on any atom is 0.298 e. The van der Waals surface area contributed by atoms with Crippen molar-refractivity contribution in [1.82, 2.24) is 15.3 Å². The zero-order valence-electron chi connectivity index (χ0n) is 16.2. The molecule has 5 heterocycles. The van der Waals surface area contributed by atoms with E-state index in [2.05, 4.69) is 15.2 Å². The van der Waals surface area contributed by atoms with Gasteiger partial charge < -0.3 is 24.1 Å². The second-order valence-electron chi connectivity index (χ2n) is 8.12. The number of nitrogens with one attached hydrogen (secondary N) is 1. The molecule has 0 radical (unpaired) electrons. The molecule has 7 nitrogen and oxygen atoms in total. The molecule has 3 fully saturated rings. The fourth-order valence-corrected chi connectivity index (χ4v) is 5.32. The Morgan fingerprint density at radius 1 is 1.17 bits per heavy atom. The third kappa shape index (κ3) is 3.29. The van der Waals surface area contributed by atoms with Gasteiger partial charge >= 0.3 is 0 Å². The third-order valence-electron chi connectivity index (χ3n) is 6.06. The summed E-state index contributed by atoms with van der Waals surface area (Å²) >= 11 is 1.60. The smallest absolute Gasteiger partial charge is 0.298 e. The van der Waals surface area contributed by atoms with Crippen LogP contribution in [0.5, 0.6) is 5.75 Å². The average Bonchev–Trinajstić information content (AvgIpc) is 3.49. The molecule has 0 saturated carbocycles. The van der Waals surface area contributed by atoms with E-state index in [0.717, 1.165) is 60.0 Å². The molecule has 3 saturated heterocycles. The van der Waals surface area contributed by atoms with Crippen molar-refractivity contribution in [3.05, 3.63) is 23.7 Å². The van der Waals surface area contributed by atoms with Crippen LogP contribution in [-0.2, 0) is 4.74 Å². The number of aromatic nitrogens is 2. The highest BCUT2D eigenvalue weighted by atomic mass is 32.1. The molecule has 2 bridgehead atoms. The van der Waals surface area contributed by atoms with Gasteiger partial charge in [-0.15, -0.1) is 11.3 Å². The highest BCUT2D eigenvalue weighted by Crippen LogP contribution is 2.39. The van der Waals surface area contributed by atoms with Gasteiger partial charge in [-0.1, -0.05) is 0 Å². The van der Waals surface area contributed by atoms with E-state index in [4.69, 9.17) is 18.9 Å². The summed E-state index contributed by atoms with van der Waals surface area (Å²) in [6.45, 7) is 3.31. The Morgan fingerprint density at radius 3 is 2.83 bits per heavy atom. The van der Waals surface area contributed by atoms with E-state index in [1.807, 2.05) is 23.7 Å². The highest BCUT2D eigenvalue weighted by molar-refractivity contribution is 7.13. The van der Waals surface area contributed by atoms with Crippen LogP contribution in [0.3, 0.4) is 0 Å². The van der Waals surface area contributed by atoms with E-state index >= 15 is 0 Å². The summed E-state index contributed by atoms with van der Waals surface area (Å²) in [6, 6.07) is 5.78. The fourth-order valence-electron chi connectivity index (χ4n) is 4.66. The average molecular weight is 413 g/mol. The second kappa shape index (κ2) is 7.27. The second-order valence-corrected chi connectivity index (χ2v) is 9.02. The van der Waals surface area contributed by atoms with Gasteiger partial charge in [0.2, 0.25) is 0 Å². The fraction of sp³-hybridized carbons (Fsp3) is 0.524. The molecular formula is C21H24N4O3S. The number of thiazole rings is 1. The minimum absolute atomic E-state index is 0.0628. The van der Waals surface area contributed by atoms with Crippen molar-refractivity contribution in [2.24, 2.45) is 0 Å². The predicted octanol–water partition coefficient (Wildman–Crippen LogP) is 3.45. The topological polar surface area (TPSA) is 72.7 Å². The van der Waals surface area contributed by atoms with Crippen molar-refractivity contribution in [1.29, 1.82) is 0 Å². The lowest BCUT2D eigenvalue weighted by Crippen LogP contribution is -2.51. The van der Waals surface area contributed by atoms with Crippen LogP contribution in [0.15, 0.2) is 28.1 Å². The molecule has 3 atom stereocenters. The van der Waals surface area contributed by atoms with Crippen molar-refractivity contribution in [3.8, 4) is 16.3 Å². The zero-order valence-corrected chi connectivity index (χ0v) is 17.0. The first-order valence-electron chi connectivity index (χ1n) is 10.4. The lowest BCUT2D eigenvalue weighted by atomic mass is 10.1. The van der Waals surface area contributed by atoms with Gasteiger partial charge in [0, 0.05) is 43.4 Å². The molecule has 0 amide bonds. The number of benzene rings is 1. The first-order valence-corrected chi connectivity index (χ1v) is 11.3. The first-order chi connectivity index (χ1) is 14.3. The number of nitrogens with zero attached hydrogens (tertiary/aromatic N) is 3. The summed E-state index contributed by atoms with van der Waals surface area (Å²) in [4.78, 5) is 11.7. The minimum Gasteiger partial charge on any atom is -0.486 e. The Balaban J connectivity index is 1.40. The number of anilines is 1. The van der Waals surface area contributed by atoms with Crippen LogP contribution in [0.1, 0.15) is 25.7 Å². The SMILES string of the molecule is c1csc(-c2ccc(OC3CCCOC3)c3nc(N4CC5CCC(C4)N5)oc23)n1. The molecule has 3 aliphatic heterocycles. The molecule has 0 spiro atoms. The van der Waals surface area contributed by atoms with Gasteiger partial charge in [0.05, 0.1) is 12.2 Å². The molecule has 8 heteroatoms. The molecule has 152 valence electrons. The number of fused-ring (bicyclic) bond motifs is 3. The van der Waals surface area contributed by atoms with Gasteiger partial charge in [-0.25, -0.2) is 4.98 Å². The standard InChI is InChI=1S/C21H24N4O3S/c1-2-15(12-26-8-1)27-17-6-5-16(20-22-7-9-29-20)19-18(17)24-21(28-19)25-10-13-3-4-14(11-25)23-13/h5-7,9,13-15,23H,1-4,8,10-12H2. The number of hydrogen-bond acceptors (Lipinski definition) is 8. The molecule has 3 aliphatic rings. The minimum atomic E-state index is 0.0628. The van der Waals surface area contributed by atoms with Gasteiger partial charge in [0.15, 0.2) is 11.1 Å². The van der Waals surface area contributed by atoms with Crippen LogP contribution in [0.2, 0.25) is 0 Å². The molecule has 3 unspecified atom stereocenters. The predicted molar refractivity (Wildman–Crippen MR) is 112 cm³/mol. The molecule has 2 aromatic heterocycles. The summed E-state index contributed by atoms with van der Waals surface area (Å²) in [6.07, 6.45) is 6.36. The van der Waals surface area contributed by atoms with E-state index in [1.54, 1.807) is 11.3 Å². The van der Waals surface area contributed by atoms with E-state index in [-0.39, 0.29) is 6.10 Å². The maximum absolute atomic E-state index is 6.36. The van der Waals surface area contributed by atoms with E-state index in [0.29, 0.717) is 24.7 Å². The Bertz CT molecular complexity index is 987. The zero-order chi connectivity index (χ0) is 19.2. The van der Waals surface area contributed by atoms with Gasteiger partial charge in [0.1, 0.15) is 16.9 Å². The summed E-state index contributed by atoms with van der Waals surface area (Å²) in [5.74, 6) is 0.768. The molecule has 1 N–H and O–H groups in total. The van der Waals surface area contributed by atoms with Gasteiger partial charge in [-0.05, 0) is 37.8 Å². The molecule has 3 aromatic rings. The summed E-state index contributed by atoms with van der Waals surface area (Å²) < 4.78 is 18.2. The number of ether oxygens (including phenoxy) is 2. The van der Waals surface area contributed by atoms with Crippen LogP contribution in [0, 0.1) is 0 Å². The van der Waals surface area contributed by atoms with Crippen molar-refractivity contribution in [2.75, 3.05) is 31.2 Å². The van der Waals surface area contributed by atoms with Crippen LogP contribution < -0.4 is 15.0 Å². The van der Waals surface area contributed by atoms with Crippen LogP contribution in [-0.4, -0.2) is 54.5 Å². The quantitative estimate of drug-likeness (QED) is 0.704. The first kappa shape index (κ1) is 17.7. The molecule has 29 heavy (non-hydrogen) atoms. The lowest BCUT2D eigenvalue weighted by molar-refractivity contribution is 0.00801. The van der Waals surface area contributed by atoms with Crippen molar-refractivity contribution in [3.63, 3.8) is 0 Å². The molecule has 1 aromatic carbocycles. The largest absolute Gasteiger partial charge is 0.486 e. The third-order valence-corrected chi connectivity index (χ3v) is 6.86. The highest BCUT2D eigenvalue weighted by Gasteiger charge is 2.34. The summed E-state index contributed by atoms with van der Waals surface area (Å²) in [5, 5.41) is 6.58. The number of oxazole rings is 1. The van der Waals surface area contributed by atoms with Gasteiger partial charge in [-0.3, -0.25) is 0 Å². The normalized spacial score (nSPS) is 26.9. The number of hydrogen-bond donors (Lipinski definition) is 1. The summed E-state index contributed by atoms with van der Waals surface area (Å²) in [5.41, 5.74) is 2.51. The van der Waals surface area contributed by atoms with Gasteiger partial charge in [-0.2, -0.15) is 4.98 Å². The Kier molecular flexibility index (Phi) is 4.43. The summed E-state index contributed by atoms with van der Waals surface area (Å²) in [7, 11) is 0. The Labute approximate surface area is 173 Å². The maximum atomic E-state index is 6.36. The van der Waals surface area contributed by atoms with E-state index in [9.17, 15) is 0 Å². The number of rotatable bonds is 4.